The van der Waals surface area contributed by atoms with Gasteiger partial charge < -0.3 is 4.90 Å². The third kappa shape index (κ3) is 3.97. The number of carbonyl (C=O) groups is 1. The molecule has 138 valence electrons. The Balaban J connectivity index is 1.95. The Morgan fingerprint density at radius 2 is 1.69 bits per heavy atom. The summed E-state index contributed by atoms with van der Waals surface area (Å²) in [4.78, 5) is 14.9. The Kier molecular flexibility index (Phi) is 5.44. The molecule has 0 aromatic heterocycles. The molecule has 1 amide bonds. The molecular formula is C20H24N2O3S. The summed E-state index contributed by atoms with van der Waals surface area (Å²) < 4.78 is 28.6. The smallest absolute Gasteiger partial charge is 0.245 e. The van der Waals surface area contributed by atoms with Gasteiger partial charge in [-0.2, -0.15) is 4.72 Å². The van der Waals surface area contributed by atoms with Crippen molar-refractivity contribution in [3.8, 4) is 0 Å². The third-order valence-corrected chi connectivity index (χ3v) is 6.27. The highest BCUT2D eigenvalue weighted by atomic mass is 32.2. The number of nitrogens with zero attached hydrogens (tertiary/aromatic N) is 1. The first kappa shape index (κ1) is 18.6. The molecule has 1 fully saturated rings. The van der Waals surface area contributed by atoms with Crippen LogP contribution in [0.2, 0.25) is 0 Å². The second-order valence-corrected chi connectivity index (χ2v) is 8.45. The molecule has 2 aromatic carbocycles. The summed E-state index contributed by atoms with van der Waals surface area (Å²) in [6.07, 6.45) is 1.91. The van der Waals surface area contributed by atoms with Crippen molar-refractivity contribution in [2.24, 2.45) is 0 Å². The van der Waals surface area contributed by atoms with Crippen LogP contribution < -0.4 is 4.72 Å². The van der Waals surface area contributed by atoms with Gasteiger partial charge >= 0.3 is 0 Å². The molecule has 1 N–H and O–H groups in total. The first-order valence-electron chi connectivity index (χ1n) is 8.82. The van der Waals surface area contributed by atoms with E-state index in [9.17, 15) is 13.2 Å². The van der Waals surface area contributed by atoms with Crippen LogP contribution >= 0.6 is 0 Å². The maximum absolute atomic E-state index is 13.0. The molecule has 5 nitrogen and oxygen atoms in total. The fraction of sp³-hybridized carbons (Fsp3) is 0.350. The van der Waals surface area contributed by atoms with Crippen molar-refractivity contribution in [1.82, 2.24) is 9.62 Å². The Morgan fingerprint density at radius 3 is 2.31 bits per heavy atom. The molecule has 1 aliphatic rings. The summed E-state index contributed by atoms with van der Waals surface area (Å²) >= 11 is 0. The largest absolute Gasteiger partial charge is 0.341 e. The van der Waals surface area contributed by atoms with Gasteiger partial charge in [0.1, 0.15) is 6.04 Å². The van der Waals surface area contributed by atoms with Gasteiger partial charge in [0, 0.05) is 13.1 Å². The van der Waals surface area contributed by atoms with Crippen molar-refractivity contribution in [2.45, 2.75) is 37.6 Å². The molecule has 0 radical (unpaired) electrons. The third-order valence-electron chi connectivity index (χ3n) is 4.69. The number of amides is 1. The topological polar surface area (TPSA) is 66.5 Å². The second-order valence-electron chi connectivity index (χ2n) is 6.77. The molecule has 0 spiro atoms. The summed E-state index contributed by atoms with van der Waals surface area (Å²) in [6, 6.07) is 13.3. The van der Waals surface area contributed by atoms with Crippen molar-refractivity contribution in [2.75, 3.05) is 13.1 Å². The molecule has 1 atom stereocenters. The van der Waals surface area contributed by atoms with E-state index >= 15 is 0 Å². The van der Waals surface area contributed by atoms with Gasteiger partial charge in [0.05, 0.1) is 4.90 Å². The molecule has 2 aromatic rings. The van der Waals surface area contributed by atoms with E-state index in [1.165, 1.54) is 0 Å². The van der Waals surface area contributed by atoms with Crippen molar-refractivity contribution in [3.05, 3.63) is 65.2 Å². The van der Waals surface area contributed by atoms with E-state index in [0.29, 0.717) is 24.2 Å². The number of sulfonamides is 1. The summed E-state index contributed by atoms with van der Waals surface area (Å²) in [5.41, 5.74) is 2.31. The predicted molar refractivity (Wildman–Crippen MR) is 101 cm³/mol. The van der Waals surface area contributed by atoms with Crippen LogP contribution in [0.1, 0.15) is 35.6 Å². The number of nitrogens with one attached hydrogen (secondary N) is 1. The monoisotopic (exact) mass is 372 g/mol. The molecule has 0 saturated carbocycles. The van der Waals surface area contributed by atoms with Crippen molar-refractivity contribution < 1.29 is 13.2 Å². The first-order valence-corrected chi connectivity index (χ1v) is 10.3. The van der Waals surface area contributed by atoms with Crippen molar-refractivity contribution >= 4 is 15.9 Å². The van der Waals surface area contributed by atoms with E-state index in [1.54, 1.807) is 36.1 Å². The van der Waals surface area contributed by atoms with Crippen LogP contribution in [0.25, 0.3) is 0 Å². The van der Waals surface area contributed by atoms with Crippen molar-refractivity contribution in [3.63, 3.8) is 0 Å². The van der Waals surface area contributed by atoms with Crippen LogP contribution in [0.3, 0.4) is 0 Å². The number of carbonyl (C=O) groups excluding carboxylic acids is 1. The molecule has 26 heavy (non-hydrogen) atoms. The SMILES string of the molecule is Cc1ccc(S(=O)(=O)N[C@H](C(=O)N2CCCC2)c2ccccc2)c(C)c1. The average molecular weight is 372 g/mol. The van der Waals surface area contributed by atoms with Crippen LogP contribution in [0.5, 0.6) is 0 Å². The number of likely N-dealkylation sites (tertiary alicyclic amines) is 1. The molecule has 6 heteroatoms. The van der Waals surface area contributed by atoms with Crippen LogP contribution in [-0.2, 0) is 14.8 Å². The Bertz CT molecular complexity index is 889. The average Bonchev–Trinajstić information content (AvgIpc) is 3.14. The highest BCUT2D eigenvalue weighted by Gasteiger charge is 2.32. The van der Waals surface area contributed by atoms with Crippen molar-refractivity contribution in [1.29, 1.82) is 0 Å². The number of aryl methyl sites for hydroxylation is 2. The molecule has 0 unspecified atom stereocenters. The van der Waals surface area contributed by atoms with Crippen LogP contribution in [-0.4, -0.2) is 32.3 Å². The zero-order valence-electron chi connectivity index (χ0n) is 15.1. The molecule has 0 aliphatic carbocycles. The minimum absolute atomic E-state index is 0.193. The Labute approximate surface area is 155 Å². The lowest BCUT2D eigenvalue weighted by molar-refractivity contribution is -0.132. The van der Waals surface area contributed by atoms with Crippen LogP contribution in [0, 0.1) is 13.8 Å². The normalized spacial score (nSPS) is 15.8. The van der Waals surface area contributed by atoms with Crippen LogP contribution in [0.15, 0.2) is 53.4 Å². The zero-order chi connectivity index (χ0) is 18.7. The van der Waals surface area contributed by atoms with Gasteiger partial charge in [-0.15, -0.1) is 0 Å². The lowest BCUT2D eigenvalue weighted by atomic mass is 10.1. The number of benzene rings is 2. The fourth-order valence-electron chi connectivity index (χ4n) is 3.35. The molecule has 1 aliphatic heterocycles. The van der Waals surface area contributed by atoms with Gasteiger partial charge in [0.2, 0.25) is 15.9 Å². The van der Waals surface area contributed by atoms with E-state index in [-0.39, 0.29) is 10.8 Å². The van der Waals surface area contributed by atoms with Gasteiger partial charge in [-0.3, -0.25) is 4.79 Å². The summed E-state index contributed by atoms with van der Waals surface area (Å²) in [5, 5.41) is 0. The first-order chi connectivity index (χ1) is 12.4. The molecule has 0 bridgehead atoms. The minimum Gasteiger partial charge on any atom is -0.341 e. The molecule has 1 saturated heterocycles. The standard InChI is InChI=1S/C20H24N2O3S/c1-15-10-11-18(16(2)14-15)26(24,25)21-19(17-8-4-3-5-9-17)20(23)22-12-6-7-13-22/h3-5,8-11,14,19,21H,6-7,12-13H2,1-2H3/t19-/m0/s1. The zero-order valence-corrected chi connectivity index (χ0v) is 15.9. The minimum atomic E-state index is -3.83. The Morgan fingerprint density at radius 1 is 1.04 bits per heavy atom. The van der Waals surface area contributed by atoms with Gasteiger partial charge in [0.15, 0.2) is 0 Å². The van der Waals surface area contributed by atoms with Crippen LogP contribution in [0.4, 0.5) is 0 Å². The second kappa shape index (κ2) is 7.60. The van der Waals surface area contributed by atoms with Gasteiger partial charge in [-0.05, 0) is 43.9 Å². The van der Waals surface area contributed by atoms with E-state index in [4.69, 9.17) is 0 Å². The number of hydrogen-bond donors (Lipinski definition) is 1. The van der Waals surface area contributed by atoms with Gasteiger partial charge in [0.25, 0.3) is 0 Å². The van der Waals surface area contributed by atoms with E-state index in [1.807, 2.05) is 31.2 Å². The number of hydrogen-bond acceptors (Lipinski definition) is 3. The predicted octanol–water partition coefficient (Wildman–Crippen LogP) is 2.95. The van der Waals surface area contributed by atoms with Gasteiger partial charge in [-0.25, -0.2) is 8.42 Å². The maximum atomic E-state index is 13.0. The summed E-state index contributed by atoms with van der Waals surface area (Å²) in [5.74, 6) is -0.193. The van der Waals surface area contributed by atoms with E-state index in [2.05, 4.69) is 4.72 Å². The molecule has 1 heterocycles. The Hall–Kier alpha value is -2.18. The molecule has 3 rings (SSSR count). The van der Waals surface area contributed by atoms with Gasteiger partial charge in [-0.1, -0.05) is 48.0 Å². The van der Waals surface area contributed by atoms with E-state index < -0.39 is 16.1 Å². The summed E-state index contributed by atoms with van der Waals surface area (Å²) in [6.45, 7) is 5.03. The number of rotatable bonds is 5. The van der Waals surface area contributed by atoms with E-state index in [0.717, 1.165) is 18.4 Å². The lowest BCUT2D eigenvalue weighted by Gasteiger charge is -2.24. The summed E-state index contributed by atoms with van der Waals surface area (Å²) in [7, 11) is -3.83. The maximum Gasteiger partial charge on any atom is 0.245 e. The fourth-order valence-corrected chi connectivity index (χ4v) is 4.75. The molecular weight excluding hydrogens is 348 g/mol. The highest BCUT2D eigenvalue weighted by molar-refractivity contribution is 7.89. The quantitative estimate of drug-likeness (QED) is 0.877. The highest BCUT2D eigenvalue weighted by Crippen LogP contribution is 2.23. The lowest BCUT2D eigenvalue weighted by Crippen LogP contribution is -2.41.